The van der Waals surface area contributed by atoms with Gasteiger partial charge in [0, 0.05) is 5.69 Å². The third-order valence-corrected chi connectivity index (χ3v) is 12.9. The number of anilines is 3. The Balaban J connectivity index is 1.28. The first-order chi connectivity index (χ1) is 31.7. The molecule has 66 heavy (non-hydrogen) atoms. The van der Waals surface area contributed by atoms with Crippen molar-refractivity contribution >= 4 is 17.1 Å². The Kier molecular flexibility index (Phi) is 10.9. The molecule has 0 saturated heterocycles. The summed E-state index contributed by atoms with van der Waals surface area (Å²) in [5, 5.41) is 0. The summed E-state index contributed by atoms with van der Waals surface area (Å²) in [6, 6.07) is 62.2. The van der Waals surface area contributed by atoms with Crippen molar-refractivity contribution in [1.82, 2.24) is 0 Å². The number of fused-ring (bicyclic) bond motifs is 2. The maximum Gasteiger partial charge on any atom is 0.151 e. The molecule has 2 nitrogen and oxygen atoms in total. The summed E-state index contributed by atoms with van der Waals surface area (Å²) >= 11 is 0. The molecule has 0 N–H and O–H groups in total. The van der Waals surface area contributed by atoms with E-state index in [1.165, 1.54) is 89.0 Å². The predicted molar refractivity (Wildman–Crippen MR) is 281 cm³/mol. The summed E-state index contributed by atoms with van der Waals surface area (Å²) in [6.07, 6.45) is 0. The molecule has 0 amide bonds. The lowest BCUT2D eigenvalue weighted by molar-refractivity contribution is 0.476. The van der Waals surface area contributed by atoms with Crippen LogP contribution in [-0.2, 0) is 0 Å². The number of benzene rings is 9. The van der Waals surface area contributed by atoms with Crippen LogP contribution in [0.4, 0.5) is 17.1 Å². The van der Waals surface area contributed by atoms with Gasteiger partial charge < -0.3 is 9.64 Å². The van der Waals surface area contributed by atoms with Gasteiger partial charge in [0.05, 0.1) is 11.4 Å². The van der Waals surface area contributed by atoms with Crippen molar-refractivity contribution < 1.29 is 4.74 Å². The highest BCUT2D eigenvalue weighted by molar-refractivity contribution is 5.93. The minimum absolute atomic E-state index is 0.850. The Morgan fingerprint density at radius 2 is 0.455 bits per heavy atom. The van der Waals surface area contributed by atoms with Crippen molar-refractivity contribution in [3.63, 3.8) is 0 Å². The largest absolute Gasteiger partial charge is 0.453 e. The van der Waals surface area contributed by atoms with Gasteiger partial charge in [-0.1, -0.05) is 129 Å². The Morgan fingerprint density at radius 1 is 0.227 bits per heavy atom. The van der Waals surface area contributed by atoms with Gasteiger partial charge in [0.1, 0.15) is 0 Å². The molecule has 0 aliphatic carbocycles. The van der Waals surface area contributed by atoms with Crippen LogP contribution in [0.3, 0.4) is 0 Å². The van der Waals surface area contributed by atoms with Crippen LogP contribution >= 0.6 is 0 Å². The molecule has 1 aliphatic heterocycles. The van der Waals surface area contributed by atoms with Crippen LogP contribution in [0, 0.1) is 69.2 Å². The van der Waals surface area contributed by atoms with E-state index in [0.717, 1.165) is 61.9 Å². The zero-order chi connectivity index (χ0) is 46.0. The van der Waals surface area contributed by atoms with E-state index in [1.54, 1.807) is 0 Å². The smallest absolute Gasteiger partial charge is 0.151 e. The van der Waals surface area contributed by atoms with Gasteiger partial charge >= 0.3 is 0 Å². The summed E-state index contributed by atoms with van der Waals surface area (Å²) in [5.74, 6) is 1.70. The average molecular weight is 856 g/mol. The van der Waals surface area contributed by atoms with Crippen LogP contribution in [0.25, 0.3) is 66.8 Å². The second-order valence-corrected chi connectivity index (χ2v) is 19.3. The third kappa shape index (κ3) is 8.60. The van der Waals surface area contributed by atoms with Crippen molar-refractivity contribution in [2.45, 2.75) is 69.2 Å². The van der Waals surface area contributed by atoms with E-state index in [1.807, 2.05) is 0 Å². The molecule has 1 aliphatic rings. The quantitative estimate of drug-likeness (QED) is 0.158. The summed E-state index contributed by atoms with van der Waals surface area (Å²) in [7, 11) is 0. The van der Waals surface area contributed by atoms with Gasteiger partial charge in [-0.05, 0) is 226 Å². The molecule has 324 valence electrons. The zero-order valence-corrected chi connectivity index (χ0v) is 39.9. The highest BCUT2D eigenvalue weighted by Gasteiger charge is 2.27. The Morgan fingerprint density at radius 3 is 0.712 bits per heavy atom. The minimum atomic E-state index is 0.850. The van der Waals surface area contributed by atoms with Gasteiger partial charge in [0.25, 0.3) is 0 Å². The highest BCUT2D eigenvalue weighted by Crippen LogP contribution is 2.52. The maximum absolute atomic E-state index is 6.71. The Hall–Kier alpha value is -7.42. The molecule has 9 aromatic rings. The number of nitrogens with zero attached hydrogens (tertiary/aromatic N) is 1. The molecule has 2 heteroatoms. The number of aryl methyl sites for hydroxylation is 10. The van der Waals surface area contributed by atoms with E-state index in [-0.39, 0.29) is 0 Å². The minimum Gasteiger partial charge on any atom is -0.453 e. The van der Waals surface area contributed by atoms with Crippen LogP contribution < -0.4 is 9.64 Å². The number of hydrogen-bond acceptors (Lipinski definition) is 2. The summed E-state index contributed by atoms with van der Waals surface area (Å²) in [5.41, 5.74) is 29.7. The van der Waals surface area contributed by atoms with Crippen molar-refractivity contribution in [3.8, 4) is 78.3 Å². The van der Waals surface area contributed by atoms with Gasteiger partial charge in [0.2, 0.25) is 0 Å². The molecule has 0 fully saturated rings. The molecular weight excluding hydrogens is 799 g/mol. The molecule has 0 aromatic heterocycles. The van der Waals surface area contributed by atoms with Crippen molar-refractivity contribution in [1.29, 1.82) is 0 Å². The van der Waals surface area contributed by atoms with Crippen LogP contribution in [0.15, 0.2) is 164 Å². The van der Waals surface area contributed by atoms with Crippen molar-refractivity contribution in [3.05, 3.63) is 219 Å². The molecule has 10 rings (SSSR count). The Labute approximate surface area is 391 Å². The molecule has 0 spiro atoms. The summed E-state index contributed by atoms with van der Waals surface area (Å²) in [6.45, 7) is 21.8. The third-order valence-electron chi connectivity index (χ3n) is 12.9. The average Bonchev–Trinajstić information content (AvgIpc) is 3.26. The van der Waals surface area contributed by atoms with E-state index < -0.39 is 0 Å². The van der Waals surface area contributed by atoms with Crippen LogP contribution in [0.5, 0.6) is 11.5 Å². The topological polar surface area (TPSA) is 12.5 Å². The summed E-state index contributed by atoms with van der Waals surface area (Å²) < 4.78 is 6.71. The molecule has 0 radical (unpaired) electrons. The molecule has 0 unspecified atom stereocenters. The van der Waals surface area contributed by atoms with Gasteiger partial charge in [-0.3, -0.25) is 0 Å². The predicted octanol–water partition coefficient (Wildman–Crippen LogP) is 18.3. The van der Waals surface area contributed by atoms with E-state index in [2.05, 4.69) is 238 Å². The summed E-state index contributed by atoms with van der Waals surface area (Å²) in [4.78, 5) is 2.40. The lowest BCUT2D eigenvalue weighted by Gasteiger charge is -2.34. The molecule has 0 bridgehead atoms. The second-order valence-electron chi connectivity index (χ2n) is 19.3. The standard InChI is InChI=1S/C64H57NO/c1-38-11-13-61-63(27-38)66-64-28-39(2)12-14-62(64)65(61)60-36-58(56-31-52(48-19-40(3)15-41(4)20-48)29-53(32-56)49-21-42(5)16-43(6)22-49)35-59(37-60)57-33-54(50-23-44(7)17-45(8)24-50)30-55(34-57)51-25-46(9)18-47(10)26-51/h11-37H,1-10H3. The molecule has 1 heterocycles. The van der Waals surface area contributed by atoms with E-state index in [9.17, 15) is 0 Å². The first-order valence-electron chi connectivity index (χ1n) is 23.2. The second kappa shape index (κ2) is 16.9. The molecule has 9 aromatic carbocycles. The van der Waals surface area contributed by atoms with Crippen LogP contribution in [0.2, 0.25) is 0 Å². The molecule has 0 saturated carbocycles. The monoisotopic (exact) mass is 855 g/mol. The van der Waals surface area contributed by atoms with E-state index in [0.29, 0.717) is 0 Å². The van der Waals surface area contributed by atoms with Crippen LogP contribution in [0.1, 0.15) is 55.6 Å². The number of hydrogen-bond donors (Lipinski definition) is 0. The first-order valence-corrected chi connectivity index (χ1v) is 23.2. The first kappa shape index (κ1) is 42.5. The molecule has 0 atom stereocenters. The maximum atomic E-state index is 6.71. The van der Waals surface area contributed by atoms with Gasteiger partial charge in [-0.25, -0.2) is 0 Å². The normalized spacial score (nSPS) is 11.9. The lowest BCUT2D eigenvalue weighted by Crippen LogP contribution is -2.16. The lowest BCUT2D eigenvalue weighted by atomic mass is 9.88. The molecular formula is C64H57NO. The number of ether oxygens (including phenoxy) is 1. The fraction of sp³-hybridized carbons (Fsp3) is 0.156. The fourth-order valence-corrected chi connectivity index (χ4v) is 10.2. The Bertz CT molecular complexity index is 2960. The zero-order valence-electron chi connectivity index (χ0n) is 39.9. The highest BCUT2D eigenvalue weighted by atomic mass is 16.5. The van der Waals surface area contributed by atoms with E-state index >= 15 is 0 Å². The van der Waals surface area contributed by atoms with Gasteiger partial charge in [-0.15, -0.1) is 0 Å². The SMILES string of the molecule is Cc1cc(C)cc(-c2cc(-c3cc(C)cc(C)c3)cc(-c3cc(-c4cc(-c5cc(C)cc(C)c5)cc(-c5cc(C)cc(C)c5)c4)cc(N4c5ccc(C)cc5Oc5cc(C)ccc54)c3)c2)c1. The number of rotatable bonds is 7. The van der Waals surface area contributed by atoms with Gasteiger partial charge in [0.15, 0.2) is 11.5 Å². The van der Waals surface area contributed by atoms with Gasteiger partial charge in [-0.2, -0.15) is 0 Å². The van der Waals surface area contributed by atoms with Crippen molar-refractivity contribution in [2.75, 3.05) is 4.90 Å². The fourth-order valence-electron chi connectivity index (χ4n) is 10.2. The van der Waals surface area contributed by atoms with Crippen LogP contribution in [-0.4, -0.2) is 0 Å². The van der Waals surface area contributed by atoms with Crippen molar-refractivity contribution in [2.24, 2.45) is 0 Å². The van der Waals surface area contributed by atoms with E-state index in [4.69, 9.17) is 4.74 Å².